The number of esters is 1. The minimum atomic E-state index is -0.237. The van der Waals surface area contributed by atoms with Gasteiger partial charge in [0.25, 0.3) is 0 Å². The molecule has 0 bridgehead atoms. The van der Waals surface area contributed by atoms with E-state index in [9.17, 15) is 4.79 Å². The van der Waals surface area contributed by atoms with Crippen molar-refractivity contribution in [1.29, 1.82) is 0 Å². The third kappa shape index (κ3) is 8.14. The highest BCUT2D eigenvalue weighted by atomic mass is 32.1. The van der Waals surface area contributed by atoms with E-state index in [1.165, 1.54) is 109 Å². The van der Waals surface area contributed by atoms with E-state index in [1.54, 1.807) is 11.3 Å². The van der Waals surface area contributed by atoms with E-state index in [4.69, 9.17) is 14.2 Å². The first-order valence-electron chi connectivity index (χ1n) is 18.3. The molecule has 0 amide bonds. The lowest BCUT2D eigenvalue weighted by Crippen LogP contribution is -2.01. The Hall–Kier alpha value is -2.65. The van der Waals surface area contributed by atoms with Crippen LogP contribution >= 0.6 is 45.3 Å². The highest BCUT2D eigenvalue weighted by Crippen LogP contribution is 2.51. The van der Waals surface area contributed by atoms with E-state index < -0.39 is 0 Å². The quantitative estimate of drug-likeness (QED) is 0.0614. The molecule has 0 unspecified atom stereocenters. The number of hydrogen-bond donors (Lipinski definition) is 0. The van der Waals surface area contributed by atoms with E-state index >= 15 is 0 Å². The van der Waals surface area contributed by atoms with Gasteiger partial charge in [-0.1, -0.05) is 78.1 Å². The normalized spacial score (nSPS) is 11.9. The number of unbranched alkanes of at least 4 members (excludes halogenated alkanes) is 10. The van der Waals surface area contributed by atoms with Crippen LogP contribution < -0.4 is 9.47 Å². The molecular weight excluding hydrogens is 685 g/mol. The average Bonchev–Trinajstić information content (AvgIpc) is 3.87. The van der Waals surface area contributed by atoms with Crippen molar-refractivity contribution in [2.24, 2.45) is 0 Å². The van der Waals surface area contributed by atoms with Gasteiger partial charge < -0.3 is 14.2 Å². The predicted octanol–water partition coefficient (Wildman–Crippen LogP) is 14.5. The molecule has 6 aromatic rings. The van der Waals surface area contributed by atoms with Crippen molar-refractivity contribution < 1.29 is 19.0 Å². The van der Waals surface area contributed by atoms with Gasteiger partial charge in [0.15, 0.2) is 0 Å². The number of benzene rings is 2. The summed E-state index contributed by atoms with van der Waals surface area (Å²) in [5, 5.41) is 5.82. The number of carbonyl (C=O) groups is 1. The molecule has 6 rings (SSSR count). The van der Waals surface area contributed by atoms with Crippen molar-refractivity contribution in [3.63, 3.8) is 0 Å². The summed E-state index contributed by atoms with van der Waals surface area (Å²) in [7, 11) is 0. The van der Waals surface area contributed by atoms with E-state index in [1.807, 2.05) is 47.0 Å². The first-order valence-corrected chi connectivity index (χ1v) is 21.6. The maximum Gasteiger partial charge on any atom is 0.348 e. The second-order valence-electron chi connectivity index (χ2n) is 13.1. The zero-order valence-electron chi connectivity index (χ0n) is 29.8. The molecule has 2 aromatic carbocycles. The van der Waals surface area contributed by atoms with Gasteiger partial charge in [0, 0.05) is 45.6 Å². The molecule has 8 heteroatoms. The minimum Gasteiger partial charge on any atom is -0.492 e. The van der Waals surface area contributed by atoms with Gasteiger partial charge in [-0.05, 0) is 69.3 Å². The molecule has 0 spiro atoms. The number of ether oxygens (including phenoxy) is 3. The maximum atomic E-state index is 12.6. The number of fused-ring (bicyclic) bond motifs is 4. The first-order chi connectivity index (χ1) is 23.9. The van der Waals surface area contributed by atoms with E-state index in [-0.39, 0.29) is 5.97 Å². The van der Waals surface area contributed by atoms with Crippen LogP contribution in [0, 0.1) is 13.8 Å². The lowest BCUT2D eigenvalue weighted by Gasteiger charge is -2.16. The largest absolute Gasteiger partial charge is 0.492 e. The molecule has 0 saturated heterocycles. The molecule has 0 saturated carbocycles. The molecule has 0 fully saturated rings. The van der Waals surface area contributed by atoms with Crippen molar-refractivity contribution in [2.75, 3.05) is 19.8 Å². The van der Waals surface area contributed by atoms with Crippen LogP contribution in [0.4, 0.5) is 0 Å². The van der Waals surface area contributed by atoms with Crippen LogP contribution in [-0.2, 0) is 4.74 Å². The third-order valence-electron chi connectivity index (χ3n) is 9.19. The Bertz CT molecular complexity index is 1930. The van der Waals surface area contributed by atoms with Crippen LogP contribution in [0.3, 0.4) is 0 Å². The van der Waals surface area contributed by atoms with Gasteiger partial charge in [-0.25, -0.2) is 4.79 Å². The molecule has 4 aromatic heterocycles. The van der Waals surface area contributed by atoms with Crippen LogP contribution in [0.2, 0.25) is 0 Å². The summed E-state index contributed by atoms with van der Waals surface area (Å²) in [4.78, 5) is 18.2. The van der Waals surface area contributed by atoms with Gasteiger partial charge in [0.05, 0.1) is 29.4 Å². The lowest BCUT2D eigenvalue weighted by molar-refractivity contribution is 0.0532. The predicted molar refractivity (Wildman–Crippen MR) is 217 cm³/mol. The Balaban J connectivity index is 1.39. The van der Waals surface area contributed by atoms with E-state index in [2.05, 4.69) is 52.0 Å². The summed E-state index contributed by atoms with van der Waals surface area (Å²) < 4.78 is 22.4. The van der Waals surface area contributed by atoms with Crippen molar-refractivity contribution in [3.8, 4) is 21.3 Å². The van der Waals surface area contributed by atoms with Gasteiger partial charge in [0.1, 0.15) is 16.4 Å². The summed E-state index contributed by atoms with van der Waals surface area (Å²) in [5.74, 6) is 1.77. The first kappa shape index (κ1) is 36.2. The topological polar surface area (TPSA) is 44.8 Å². The van der Waals surface area contributed by atoms with Crippen LogP contribution in [0.1, 0.15) is 117 Å². The van der Waals surface area contributed by atoms with Gasteiger partial charge in [-0.3, -0.25) is 0 Å². The van der Waals surface area contributed by atoms with Gasteiger partial charge in [0.2, 0.25) is 0 Å². The molecular formula is C41H50O4S4. The highest BCUT2D eigenvalue weighted by molar-refractivity contribution is 7.30. The fourth-order valence-corrected chi connectivity index (χ4v) is 11.2. The molecule has 0 atom stereocenters. The summed E-state index contributed by atoms with van der Waals surface area (Å²) in [6, 6.07) is 11.3. The van der Waals surface area contributed by atoms with Crippen LogP contribution in [0.5, 0.6) is 11.5 Å². The van der Waals surface area contributed by atoms with Crippen LogP contribution in [0.25, 0.3) is 50.8 Å². The summed E-state index contributed by atoms with van der Waals surface area (Å²) >= 11 is 7.00. The number of hydrogen-bond acceptors (Lipinski definition) is 8. The highest BCUT2D eigenvalue weighted by Gasteiger charge is 2.23. The second-order valence-corrected chi connectivity index (χ2v) is 17.7. The zero-order chi connectivity index (χ0) is 34.3. The second kappa shape index (κ2) is 17.0. The van der Waals surface area contributed by atoms with Crippen molar-refractivity contribution in [2.45, 2.75) is 112 Å². The molecule has 0 aliphatic rings. The molecule has 4 nitrogen and oxygen atoms in total. The molecule has 262 valence electrons. The van der Waals surface area contributed by atoms with Gasteiger partial charge >= 0.3 is 5.97 Å². The fourth-order valence-electron chi connectivity index (χ4n) is 6.67. The number of thiophene rings is 4. The summed E-state index contributed by atoms with van der Waals surface area (Å²) in [6.07, 6.45) is 14.9. The monoisotopic (exact) mass is 734 g/mol. The Labute approximate surface area is 307 Å². The third-order valence-corrected chi connectivity index (χ3v) is 14.0. The molecule has 49 heavy (non-hydrogen) atoms. The van der Waals surface area contributed by atoms with E-state index in [0.717, 1.165) is 53.7 Å². The van der Waals surface area contributed by atoms with Crippen molar-refractivity contribution >= 4 is 92.3 Å². The minimum absolute atomic E-state index is 0.237. The maximum absolute atomic E-state index is 12.6. The molecule has 4 heterocycles. The summed E-state index contributed by atoms with van der Waals surface area (Å²) in [6.45, 7) is 12.6. The Kier molecular flexibility index (Phi) is 12.6. The SMILES string of the molecule is CCCCCCCCOc1c2cc3sc(-c4sc(C)c5sc(C(=O)OCC)cc45)cc3cc2c(OCCCCCCCC)c2sc(C)cc12. The standard InChI is InChI=1S/C41H50O4S4/c1-6-9-11-13-15-17-19-44-36-30-24-33-28(23-34(48-33)39-32-25-35(41(42)43-8-3)49-38(32)27(5)47-39)22-29(30)37(40-31(36)21-26(4)46-40)45-20-18-16-14-12-10-7-2/h21-25H,6-20H2,1-5H3. The van der Waals surface area contributed by atoms with Crippen molar-refractivity contribution in [1.82, 2.24) is 0 Å². The number of rotatable bonds is 19. The van der Waals surface area contributed by atoms with E-state index in [0.29, 0.717) is 11.5 Å². The van der Waals surface area contributed by atoms with Gasteiger partial charge in [-0.15, -0.1) is 45.3 Å². The number of carbonyl (C=O) groups excluding carboxylic acids is 1. The summed E-state index contributed by atoms with van der Waals surface area (Å²) in [5.41, 5.74) is 0. The smallest absolute Gasteiger partial charge is 0.348 e. The zero-order valence-corrected chi connectivity index (χ0v) is 33.0. The van der Waals surface area contributed by atoms with Crippen molar-refractivity contribution in [3.05, 3.63) is 45.0 Å². The molecule has 0 N–H and O–H groups in total. The number of aryl methyl sites for hydroxylation is 2. The fraction of sp³-hybridized carbons (Fsp3) is 0.488. The molecule has 0 radical (unpaired) electrons. The average molecular weight is 735 g/mol. The Morgan fingerprint density at radius 3 is 1.96 bits per heavy atom. The van der Waals surface area contributed by atoms with Gasteiger partial charge in [-0.2, -0.15) is 0 Å². The Morgan fingerprint density at radius 2 is 1.27 bits per heavy atom. The molecule has 0 aliphatic heterocycles. The van der Waals surface area contributed by atoms with Crippen LogP contribution in [0.15, 0.2) is 30.3 Å². The Morgan fingerprint density at radius 1 is 0.612 bits per heavy atom. The van der Waals surface area contributed by atoms with Crippen LogP contribution in [-0.4, -0.2) is 25.8 Å². The molecule has 0 aliphatic carbocycles. The lowest BCUT2D eigenvalue weighted by atomic mass is 10.0.